The van der Waals surface area contributed by atoms with Crippen molar-refractivity contribution in [3.05, 3.63) is 63.2 Å². The van der Waals surface area contributed by atoms with Crippen LogP contribution in [0, 0.1) is 10.1 Å². The molecule has 0 radical (unpaired) electrons. The van der Waals surface area contributed by atoms with Crippen LogP contribution in [0.4, 0.5) is 11.4 Å². The number of carbonyl (C=O) groups excluding carboxylic acids is 2. The Hall–Kier alpha value is -2.91. The zero-order chi connectivity index (χ0) is 19.7. The molecule has 3 rings (SSSR count). The van der Waals surface area contributed by atoms with Crippen molar-refractivity contribution >= 4 is 52.5 Å². The highest BCUT2D eigenvalue weighted by molar-refractivity contribution is 8.00. The first-order valence-corrected chi connectivity index (χ1v) is 8.85. The van der Waals surface area contributed by atoms with Crippen LogP contribution in [0.15, 0.2) is 47.4 Å². The first-order valence-electron chi connectivity index (χ1n) is 7.59. The molecule has 1 unspecified atom stereocenters. The second kappa shape index (κ2) is 7.37. The van der Waals surface area contributed by atoms with Gasteiger partial charge >= 0.3 is 5.97 Å². The average molecular weight is 407 g/mol. The van der Waals surface area contributed by atoms with E-state index >= 15 is 0 Å². The number of anilines is 1. The quantitative estimate of drug-likeness (QED) is 0.459. The van der Waals surface area contributed by atoms with E-state index in [0.29, 0.717) is 4.90 Å². The van der Waals surface area contributed by atoms with E-state index in [1.165, 1.54) is 18.2 Å². The van der Waals surface area contributed by atoms with Crippen LogP contribution in [0.2, 0.25) is 5.02 Å². The monoisotopic (exact) mass is 406 g/mol. The summed E-state index contributed by atoms with van der Waals surface area (Å²) in [5.41, 5.74) is -0.332. The van der Waals surface area contributed by atoms with Crippen LogP contribution < -0.4 is 4.90 Å². The fourth-order valence-electron chi connectivity index (χ4n) is 2.65. The van der Waals surface area contributed by atoms with Crippen LogP contribution in [-0.4, -0.2) is 33.1 Å². The molecule has 1 N–H and O–H groups in total. The SMILES string of the molecule is O=C(O)c1ccccc1SC1CC(=O)N(c2ccc(Cl)c([N+](=O)[O-])c2)C1=O. The second-order valence-corrected chi connectivity index (χ2v) is 7.22. The molecular weight excluding hydrogens is 396 g/mol. The summed E-state index contributed by atoms with van der Waals surface area (Å²) >= 11 is 6.74. The lowest BCUT2D eigenvalue weighted by Gasteiger charge is -2.15. The summed E-state index contributed by atoms with van der Waals surface area (Å²) in [4.78, 5) is 47.9. The van der Waals surface area contributed by atoms with Crippen LogP contribution in [0.5, 0.6) is 0 Å². The van der Waals surface area contributed by atoms with Crippen molar-refractivity contribution in [3.8, 4) is 0 Å². The van der Waals surface area contributed by atoms with E-state index in [0.717, 1.165) is 22.7 Å². The van der Waals surface area contributed by atoms with Gasteiger partial charge in [-0.05, 0) is 24.3 Å². The standard InChI is InChI=1S/C17H11ClN2O6S/c18-11-6-5-9(7-12(11)20(25)26)19-15(21)8-14(16(19)22)27-13-4-2-1-3-10(13)17(23)24/h1-7,14H,8H2,(H,23,24). The van der Waals surface area contributed by atoms with Crippen LogP contribution in [0.3, 0.4) is 0 Å². The van der Waals surface area contributed by atoms with Crippen molar-refractivity contribution in [2.24, 2.45) is 0 Å². The maximum Gasteiger partial charge on any atom is 0.336 e. The lowest BCUT2D eigenvalue weighted by molar-refractivity contribution is -0.384. The van der Waals surface area contributed by atoms with Crippen molar-refractivity contribution in [3.63, 3.8) is 0 Å². The molecule has 0 saturated carbocycles. The zero-order valence-corrected chi connectivity index (χ0v) is 15.1. The number of carboxylic acids is 1. The first-order chi connectivity index (χ1) is 12.8. The number of nitro groups is 1. The molecule has 1 aliphatic rings. The highest BCUT2D eigenvalue weighted by Crippen LogP contribution is 2.37. The number of thioether (sulfide) groups is 1. The Labute approximate surface area is 161 Å². The van der Waals surface area contributed by atoms with Gasteiger partial charge in [0.2, 0.25) is 11.8 Å². The Kier molecular flexibility index (Phi) is 5.15. The van der Waals surface area contributed by atoms with Gasteiger partial charge in [-0.3, -0.25) is 19.7 Å². The molecule has 1 fully saturated rings. The van der Waals surface area contributed by atoms with Gasteiger partial charge in [-0.2, -0.15) is 0 Å². The minimum atomic E-state index is -1.14. The number of benzene rings is 2. The smallest absolute Gasteiger partial charge is 0.336 e. The summed E-state index contributed by atoms with van der Waals surface area (Å²) in [7, 11) is 0. The highest BCUT2D eigenvalue weighted by Gasteiger charge is 2.41. The third-order valence-corrected chi connectivity index (χ3v) is 5.46. The number of carbonyl (C=O) groups is 3. The molecule has 1 saturated heterocycles. The van der Waals surface area contributed by atoms with Crippen molar-refractivity contribution in [1.82, 2.24) is 0 Å². The molecule has 10 heteroatoms. The van der Waals surface area contributed by atoms with E-state index in [2.05, 4.69) is 0 Å². The van der Waals surface area contributed by atoms with Gasteiger partial charge in [-0.25, -0.2) is 9.69 Å². The molecule has 0 aliphatic carbocycles. The number of imide groups is 1. The van der Waals surface area contributed by atoms with Gasteiger partial charge in [0, 0.05) is 17.4 Å². The Morgan fingerprint density at radius 3 is 2.63 bits per heavy atom. The molecule has 0 bridgehead atoms. The lowest BCUT2D eigenvalue weighted by atomic mass is 10.2. The molecule has 0 aromatic heterocycles. The number of hydrogen-bond acceptors (Lipinski definition) is 6. The Morgan fingerprint density at radius 2 is 1.96 bits per heavy atom. The van der Waals surface area contributed by atoms with Gasteiger partial charge in [0.05, 0.1) is 21.4 Å². The third kappa shape index (κ3) is 3.64. The van der Waals surface area contributed by atoms with Crippen molar-refractivity contribution in [2.45, 2.75) is 16.6 Å². The molecule has 2 aromatic carbocycles. The number of halogens is 1. The van der Waals surface area contributed by atoms with Gasteiger partial charge < -0.3 is 5.11 Å². The molecule has 2 aromatic rings. The Balaban J connectivity index is 1.89. The normalized spacial score (nSPS) is 16.6. The van der Waals surface area contributed by atoms with E-state index in [-0.39, 0.29) is 22.7 Å². The fraction of sp³-hybridized carbons (Fsp3) is 0.118. The molecule has 1 atom stereocenters. The van der Waals surface area contributed by atoms with Gasteiger partial charge in [0.15, 0.2) is 0 Å². The van der Waals surface area contributed by atoms with E-state index < -0.39 is 33.6 Å². The number of nitrogens with zero attached hydrogens (tertiary/aromatic N) is 2. The molecule has 27 heavy (non-hydrogen) atoms. The summed E-state index contributed by atoms with van der Waals surface area (Å²) in [6.45, 7) is 0. The van der Waals surface area contributed by atoms with Gasteiger partial charge in [-0.15, -0.1) is 11.8 Å². The summed E-state index contributed by atoms with van der Waals surface area (Å²) in [6, 6.07) is 9.83. The van der Waals surface area contributed by atoms with Crippen molar-refractivity contribution < 1.29 is 24.4 Å². The van der Waals surface area contributed by atoms with Crippen LogP contribution >= 0.6 is 23.4 Å². The van der Waals surface area contributed by atoms with E-state index in [1.54, 1.807) is 18.2 Å². The predicted octanol–water partition coefficient (Wildman–Crippen LogP) is 3.37. The maximum absolute atomic E-state index is 12.7. The number of nitro benzene ring substituents is 1. The summed E-state index contributed by atoms with van der Waals surface area (Å²) in [6.07, 6.45) is -0.145. The van der Waals surface area contributed by atoms with Crippen molar-refractivity contribution in [1.29, 1.82) is 0 Å². The zero-order valence-electron chi connectivity index (χ0n) is 13.5. The maximum atomic E-state index is 12.7. The molecule has 8 nitrogen and oxygen atoms in total. The van der Waals surface area contributed by atoms with Crippen LogP contribution in [0.1, 0.15) is 16.8 Å². The third-order valence-electron chi connectivity index (χ3n) is 3.88. The number of carboxylic acid groups (broad SMARTS) is 1. The highest BCUT2D eigenvalue weighted by atomic mass is 35.5. The molecule has 2 amide bonds. The van der Waals surface area contributed by atoms with Gasteiger partial charge in [0.25, 0.3) is 5.69 Å². The molecular formula is C17H11ClN2O6S. The number of rotatable bonds is 5. The van der Waals surface area contributed by atoms with Gasteiger partial charge in [0.1, 0.15) is 5.02 Å². The van der Waals surface area contributed by atoms with Gasteiger partial charge in [-0.1, -0.05) is 23.7 Å². The van der Waals surface area contributed by atoms with E-state index in [9.17, 15) is 29.6 Å². The number of hydrogen-bond donors (Lipinski definition) is 1. The molecule has 138 valence electrons. The largest absolute Gasteiger partial charge is 0.478 e. The predicted molar refractivity (Wildman–Crippen MR) is 98.3 cm³/mol. The minimum absolute atomic E-state index is 0.0309. The molecule has 1 aliphatic heterocycles. The van der Waals surface area contributed by atoms with Crippen LogP contribution in [0.25, 0.3) is 0 Å². The fourth-order valence-corrected chi connectivity index (χ4v) is 4.01. The second-order valence-electron chi connectivity index (χ2n) is 5.57. The lowest BCUT2D eigenvalue weighted by Crippen LogP contribution is -2.31. The molecule has 1 heterocycles. The number of amides is 2. The molecule has 0 spiro atoms. The average Bonchev–Trinajstić information content (AvgIpc) is 2.89. The topological polar surface area (TPSA) is 118 Å². The minimum Gasteiger partial charge on any atom is -0.478 e. The van der Waals surface area contributed by atoms with Crippen molar-refractivity contribution in [2.75, 3.05) is 4.90 Å². The van der Waals surface area contributed by atoms with E-state index in [4.69, 9.17) is 11.6 Å². The Morgan fingerprint density at radius 1 is 1.26 bits per heavy atom. The first kappa shape index (κ1) is 18.9. The summed E-state index contributed by atoms with van der Waals surface area (Å²) in [5.74, 6) is -2.23. The summed E-state index contributed by atoms with van der Waals surface area (Å²) < 4.78 is 0. The number of aromatic carboxylic acids is 1. The van der Waals surface area contributed by atoms with E-state index in [1.807, 2.05) is 0 Å². The van der Waals surface area contributed by atoms with Crippen LogP contribution in [-0.2, 0) is 9.59 Å². The summed E-state index contributed by atoms with van der Waals surface area (Å²) in [5, 5.41) is 19.3. The Bertz CT molecular complexity index is 980.